The number of amides is 2. The molecule has 1 aliphatic rings. The van der Waals surface area contributed by atoms with Crippen LogP contribution in [0.4, 0.5) is 10.6 Å². The first-order chi connectivity index (χ1) is 8.15. The van der Waals surface area contributed by atoms with Gasteiger partial charge in [-0.3, -0.25) is 5.32 Å². The number of carbonyl (C=O) groups excluding carboxylic acids is 1. The number of nitrogens with one attached hydrogen (secondary N) is 2. The maximum absolute atomic E-state index is 11.5. The van der Waals surface area contributed by atoms with Gasteiger partial charge in [0, 0.05) is 17.2 Å². The van der Waals surface area contributed by atoms with Crippen LogP contribution in [0.25, 0.3) is 0 Å². The summed E-state index contributed by atoms with van der Waals surface area (Å²) in [5.41, 5.74) is 0. The highest BCUT2D eigenvalue weighted by atomic mass is 79.9. The zero-order chi connectivity index (χ0) is 12.3. The second kappa shape index (κ2) is 5.46. The zero-order valence-electron chi connectivity index (χ0n) is 9.19. The van der Waals surface area contributed by atoms with Crippen LogP contribution >= 0.6 is 15.9 Å². The number of anilines is 1. The summed E-state index contributed by atoms with van der Waals surface area (Å²) in [6, 6.07) is 3.14. The number of aliphatic hydroxyl groups excluding tert-OH is 1. The van der Waals surface area contributed by atoms with Crippen LogP contribution in [0.5, 0.6) is 0 Å². The molecule has 0 unspecified atom stereocenters. The lowest BCUT2D eigenvalue weighted by Crippen LogP contribution is -2.36. The van der Waals surface area contributed by atoms with Crippen molar-refractivity contribution in [1.29, 1.82) is 0 Å². The van der Waals surface area contributed by atoms with Crippen LogP contribution in [0.1, 0.15) is 12.8 Å². The van der Waals surface area contributed by atoms with E-state index < -0.39 is 6.10 Å². The summed E-state index contributed by atoms with van der Waals surface area (Å²) in [7, 11) is 0. The van der Waals surface area contributed by atoms with E-state index in [1.807, 2.05) is 0 Å². The number of hydrogen-bond acceptors (Lipinski definition) is 3. The molecule has 1 aliphatic carbocycles. The van der Waals surface area contributed by atoms with Crippen molar-refractivity contribution >= 4 is 27.8 Å². The van der Waals surface area contributed by atoms with E-state index in [4.69, 9.17) is 0 Å². The molecule has 1 heterocycles. The predicted molar refractivity (Wildman–Crippen MR) is 67.7 cm³/mol. The van der Waals surface area contributed by atoms with E-state index in [2.05, 4.69) is 31.5 Å². The number of carbonyl (C=O) groups is 1. The molecular weight excluding hydrogens is 286 g/mol. The van der Waals surface area contributed by atoms with Gasteiger partial charge in [-0.1, -0.05) is 0 Å². The van der Waals surface area contributed by atoms with Crippen molar-refractivity contribution in [1.82, 2.24) is 10.3 Å². The highest BCUT2D eigenvalue weighted by Crippen LogP contribution is 2.32. The van der Waals surface area contributed by atoms with Crippen LogP contribution in [0.3, 0.4) is 0 Å². The molecule has 1 saturated carbocycles. The van der Waals surface area contributed by atoms with Crippen LogP contribution in [0, 0.1) is 5.92 Å². The molecule has 0 aromatic carbocycles. The lowest BCUT2D eigenvalue weighted by molar-refractivity contribution is 0.150. The minimum absolute atomic E-state index is 0.285. The molecule has 0 radical (unpaired) electrons. The van der Waals surface area contributed by atoms with Gasteiger partial charge in [-0.05, 0) is 46.8 Å². The Labute approximate surface area is 108 Å². The van der Waals surface area contributed by atoms with Crippen LogP contribution < -0.4 is 10.6 Å². The Hall–Kier alpha value is -1.14. The normalized spacial score (nSPS) is 16.4. The lowest BCUT2D eigenvalue weighted by atomic mass is 10.2. The number of aliphatic hydroxyl groups is 1. The third kappa shape index (κ3) is 3.98. The molecule has 17 heavy (non-hydrogen) atoms. The molecule has 0 saturated heterocycles. The molecule has 0 spiro atoms. The maximum atomic E-state index is 11.5. The fourth-order valence-corrected chi connectivity index (χ4v) is 1.69. The van der Waals surface area contributed by atoms with Gasteiger partial charge in [0.2, 0.25) is 0 Å². The van der Waals surface area contributed by atoms with E-state index in [1.165, 1.54) is 0 Å². The molecule has 2 rings (SSSR count). The first-order valence-electron chi connectivity index (χ1n) is 5.49. The summed E-state index contributed by atoms with van der Waals surface area (Å²) in [5, 5.41) is 14.8. The third-order valence-electron chi connectivity index (χ3n) is 2.61. The van der Waals surface area contributed by atoms with Crippen LogP contribution in [-0.2, 0) is 0 Å². The molecule has 1 aromatic rings. The Morgan fingerprint density at radius 2 is 2.35 bits per heavy atom. The molecule has 6 heteroatoms. The third-order valence-corrected chi connectivity index (χ3v) is 3.08. The Morgan fingerprint density at radius 3 is 2.94 bits per heavy atom. The van der Waals surface area contributed by atoms with Crippen molar-refractivity contribution in [2.24, 2.45) is 5.92 Å². The van der Waals surface area contributed by atoms with Crippen LogP contribution in [-0.4, -0.2) is 28.8 Å². The summed E-state index contributed by atoms with van der Waals surface area (Å²) >= 11 is 3.26. The van der Waals surface area contributed by atoms with Gasteiger partial charge in [0.1, 0.15) is 5.82 Å². The maximum Gasteiger partial charge on any atom is 0.320 e. The first kappa shape index (κ1) is 12.3. The molecule has 0 bridgehead atoms. The van der Waals surface area contributed by atoms with E-state index in [-0.39, 0.29) is 12.6 Å². The van der Waals surface area contributed by atoms with E-state index in [0.29, 0.717) is 11.7 Å². The molecule has 3 N–H and O–H groups in total. The summed E-state index contributed by atoms with van der Waals surface area (Å²) in [6.07, 6.45) is 3.28. The summed E-state index contributed by atoms with van der Waals surface area (Å²) in [6.45, 7) is 0.285. The van der Waals surface area contributed by atoms with Gasteiger partial charge in [-0.2, -0.15) is 0 Å². The Kier molecular flexibility index (Phi) is 3.96. The zero-order valence-corrected chi connectivity index (χ0v) is 10.8. The van der Waals surface area contributed by atoms with Gasteiger partial charge in [0.25, 0.3) is 0 Å². The monoisotopic (exact) mass is 299 g/mol. The highest BCUT2D eigenvalue weighted by Gasteiger charge is 2.29. The number of hydrogen-bond donors (Lipinski definition) is 3. The molecule has 1 fully saturated rings. The van der Waals surface area contributed by atoms with Crippen molar-refractivity contribution in [2.45, 2.75) is 18.9 Å². The Morgan fingerprint density at radius 1 is 1.59 bits per heavy atom. The minimum atomic E-state index is -0.432. The van der Waals surface area contributed by atoms with E-state index in [0.717, 1.165) is 17.3 Å². The van der Waals surface area contributed by atoms with Gasteiger partial charge in [0.15, 0.2) is 0 Å². The fourth-order valence-electron chi connectivity index (χ4n) is 1.46. The van der Waals surface area contributed by atoms with Gasteiger partial charge in [0.05, 0.1) is 6.10 Å². The van der Waals surface area contributed by atoms with Gasteiger partial charge >= 0.3 is 6.03 Å². The fraction of sp³-hybridized carbons (Fsp3) is 0.455. The van der Waals surface area contributed by atoms with Crippen molar-refractivity contribution in [3.63, 3.8) is 0 Å². The van der Waals surface area contributed by atoms with Crippen molar-refractivity contribution in [3.05, 3.63) is 22.8 Å². The smallest absolute Gasteiger partial charge is 0.320 e. The SMILES string of the molecule is O=C(NC[C@H](O)C1CC1)Nc1ccc(Br)cn1. The summed E-state index contributed by atoms with van der Waals surface area (Å²) < 4.78 is 0.854. The number of urea groups is 1. The molecule has 92 valence electrons. The molecule has 0 aliphatic heterocycles. The summed E-state index contributed by atoms with van der Waals surface area (Å²) in [4.78, 5) is 15.5. The van der Waals surface area contributed by atoms with Gasteiger partial charge < -0.3 is 10.4 Å². The minimum Gasteiger partial charge on any atom is -0.391 e. The summed E-state index contributed by atoms with van der Waals surface area (Å²) in [5.74, 6) is 0.840. The largest absolute Gasteiger partial charge is 0.391 e. The number of nitrogens with zero attached hydrogens (tertiary/aromatic N) is 1. The Bertz CT molecular complexity index is 392. The average Bonchev–Trinajstić information content (AvgIpc) is 3.13. The molecule has 2 amide bonds. The van der Waals surface area contributed by atoms with E-state index in [9.17, 15) is 9.90 Å². The second-order valence-corrected chi connectivity index (χ2v) is 5.02. The predicted octanol–water partition coefficient (Wildman–Crippen LogP) is 1.74. The van der Waals surface area contributed by atoms with Gasteiger partial charge in [-0.15, -0.1) is 0 Å². The number of halogens is 1. The molecular formula is C11H14BrN3O2. The topological polar surface area (TPSA) is 74.2 Å². The number of rotatable bonds is 4. The standard InChI is InChI=1S/C11H14BrN3O2/c12-8-3-4-10(13-5-8)15-11(17)14-6-9(16)7-1-2-7/h3-5,7,9,16H,1-2,6H2,(H2,13,14,15,17)/t9-/m0/s1. The van der Waals surface area contributed by atoms with Crippen LogP contribution in [0.15, 0.2) is 22.8 Å². The average molecular weight is 300 g/mol. The molecule has 1 atom stereocenters. The van der Waals surface area contributed by atoms with E-state index >= 15 is 0 Å². The van der Waals surface area contributed by atoms with E-state index in [1.54, 1.807) is 18.3 Å². The van der Waals surface area contributed by atoms with Crippen LogP contribution in [0.2, 0.25) is 0 Å². The van der Waals surface area contributed by atoms with Crippen molar-refractivity contribution in [2.75, 3.05) is 11.9 Å². The Balaban J connectivity index is 1.74. The molecule has 1 aromatic heterocycles. The first-order valence-corrected chi connectivity index (χ1v) is 6.29. The quantitative estimate of drug-likeness (QED) is 0.793. The number of pyridine rings is 1. The highest BCUT2D eigenvalue weighted by molar-refractivity contribution is 9.10. The van der Waals surface area contributed by atoms with Crippen molar-refractivity contribution < 1.29 is 9.90 Å². The lowest BCUT2D eigenvalue weighted by Gasteiger charge is -2.11. The molecule has 5 nitrogen and oxygen atoms in total. The van der Waals surface area contributed by atoms with Gasteiger partial charge in [-0.25, -0.2) is 9.78 Å². The van der Waals surface area contributed by atoms with Crippen molar-refractivity contribution in [3.8, 4) is 0 Å². The second-order valence-electron chi connectivity index (χ2n) is 4.10. The number of aromatic nitrogens is 1.